The Morgan fingerprint density at radius 2 is 0.926 bits per heavy atom. The zero-order chi connectivity index (χ0) is 20.4. The van der Waals surface area contributed by atoms with E-state index in [0.29, 0.717) is 13.2 Å². The third kappa shape index (κ3) is 13.7. The van der Waals surface area contributed by atoms with Crippen molar-refractivity contribution in [2.24, 2.45) is 5.41 Å². The van der Waals surface area contributed by atoms with E-state index in [1.165, 1.54) is 70.6 Å². The first-order valence-corrected chi connectivity index (χ1v) is 11.3. The van der Waals surface area contributed by atoms with Gasteiger partial charge in [-0.05, 0) is 26.7 Å². The molecule has 27 heavy (non-hydrogen) atoms. The van der Waals surface area contributed by atoms with Crippen molar-refractivity contribution in [2.75, 3.05) is 13.2 Å². The van der Waals surface area contributed by atoms with Gasteiger partial charge in [0.1, 0.15) is 0 Å². The lowest BCUT2D eigenvalue weighted by Gasteiger charge is -2.20. The Morgan fingerprint density at radius 1 is 0.556 bits per heavy atom. The standard InChI is InChI=1S/C23H44O4/c1-5-7-8-9-10-11-12-13-14-15-16-17-18-20-27-22(25)23(3,4)21(24)26-19-6-2/h5-20H2,1-4H3. The molecule has 0 aromatic carbocycles. The van der Waals surface area contributed by atoms with Gasteiger partial charge in [-0.2, -0.15) is 0 Å². The number of hydrogen-bond acceptors (Lipinski definition) is 4. The molecule has 0 bridgehead atoms. The summed E-state index contributed by atoms with van der Waals surface area (Å²) in [6.07, 6.45) is 17.5. The van der Waals surface area contributed by atoms with Crippen LogP contribution in [0.5, 0.6) is 0 Å². The fraction of sp³-hybridized carbons (Fsp3) is 0.913. The van der Waals surface area contributed by atoms with Gasteiger partial charge < -0.3 is 9.47 Å². The van der Waals surface area contributed by atoms with Crippen LogP contribution in [0, 0.1) is 5.41 Å². The molecule has 0 rings (SSSR count). The van der Waals surface area contributed by atoms with Gasteiger partial charge in [0.2, 0.25) is 0 Å². The summed E-state index contributed by atoms with van der Waals surface area (Å²) in [4.78, 5) is 24.0. The van der Waals surface area contributed by atoms with Crippen LogP contribution >= 0.6 is 0 Å². The minimum Gasteiger partial charge on any atom is -0.465 e. The Balaban J connectivity index is 3.50. The topological polar surface area (TPSA) is 52.6 Å². The summed E-state index contributed by atoms with van der Waals surface area (Å²) < 4.78 is 10.3. The number of carbonyl (C=O) groups excluding carboxylic acids is 2. The first-order chi connectivity index (χ1) is 13.0. The third-order valence-electron chi connectivity index (χ3n) is 4.94. The Morgan fingerprint density at radius 3 is 1.33 bits per heavy atom. The van der Waals surface area contributed by atoms with Crippen LogP contribution in [0.4, 0.5) is 0 Å². The fourth-order valence-electron chi connectivity index (χ4n) is 2.92. The van der Waals surface area contributed by atoms with Crippen molar-refractivity contribution in [1.82, 2.24) is 0 Å². The smallest absolute Gasteiger partial charge is 0.322 e. The fourth-order valence-corrected chi connectivity index (χ4v) is 2.92. The van der Waals surface area contributed by atoms with E-state index in [1.54, 1.807) is 13.8 Å². The maximum atomic E-state index is 12.1. The van der Waals surface area contributed by atoms with Crippen molar-refractivity contribution in [3.05, 3.63) is 0 Å². The molecule has 0 radical (unpaired) electrons. The van der Waals surface area contributed by atoms with Crippen molar-refractivity contribution in [3.63, 3.8) is 0 Å². The van der Waals surface area contributed by atoms with Gasteiger partial charge >= 0.3 is 11.9 Å². The Bertz CT molecular complexity index is 377. The largest absolute Gasteiger partial charge is 0.465 e. The molecule has 0 aromatic heterocycles. The van der Waals surface area contributed by atoms with Crippen molar-refractivity contribution < 1.29 is 19.1 Å². The van der Waals surface area contributed by atoms with Gasteiger partial charge in [0.25, 0.3) is 0 Å². The van der Waals surface area contributed by atoms with E-state index in [1.807, 2.05) is 6.92 Å². The molecule has 0 spiro atoms. The number of esters is 2. The van der Waals surface area contributed by atoms with Crippen molar-refractivity contribution in [1.29, 1.82) is 0 Å². The minimum absolute atomic E-state index is 0.342. The van der Waals surface area contributed by atoms with Gasteiger partial charge in [0, 0.05) is 0 Å². The molecule has 0 atom stereocenters. The average Bonchev–Trinajstić information content (AvgIpc) is 2.65. The normalized spacial score (nSPS) is 11.4. The predicted octanol–water partition coefficient (Wildman–Crippen LogP) is 6.60. The van der Waals surface area contributed by atoms with Crippen LogP contribution in [0.3, 0.4) is 0 Å². The molecular formula is C23H44O4. The molecule has 0 unspecified atom stereocenters. The number of unbranched alkanes of at least 4 members (excludes halogenated alkanes) is 12. The highest BCUT2D eigenvalue weighted by molar-refractivity contribution is 5.99. The molecule has 0 amide bonds. The quantitative estimate of drug-likeness (QED) is 0.152. The zero-order valence-electron chi connectivity index (χ0n) is 18.4. The molecule has 0 aliphatic rings. The predicted molar refractivity (Wildman–Crippen MR) is 112 cm³/mol. The summed E-state index contributed by atoms with van der Waals surface area (Å²) in [5, 5.41) is 0. The molecule has 4 nitrogen and oxygen atoms in total. The second-order valence-electron chi connectivity index (χ2n) is 8.14. The average molecular weight is 385 g/mol. The van der Waals surface area contributed by atoms with Gasteiger partial charge in [0.05, 0.1) is 13.2 Å². The van der Waals surface area contributed by atoms with Crippen LogP contribution in [-0.4, -0.2) is 25.2 Å². The lowest BCUT2D eigenvalue weighted by molar-refractivity contribution is -0.169. The molecular weight excluding hydrogens is 340 g/mol. The molecule has 0 N–H and O–H groups in total. The molecule has 0 saturated heterocycles. The molecule has 0 aromatic rings. The Kier molecular flexibility index (Phi) is 16.4. The number of hydrogen-bond donors (Lipinski definition) is 0. The Hall–Kier alpha value is -1.06. The van der Waals surface area contributed by atoms with E-state index in [-0.39, 0.29) is 0 Å². The summed E-state index contributed by atoms with van der Waals surface area (Å²) in [6.45, 7) is 8.05. The van der Waals surface area contributed by atoms with Gasteiger partial charge in [-0.3, -0.25) is 9.59 Å². The molecule has 0 aliphatic heterocycles. The molecule has 160 valence electrons. The van der Waals surface area contributed by atoms with Gasteiger partial charge in [-0.1, -0.05) is 90.9 Å². The maximum Gasteiger partial charge on any atom is 0.322 e. The van der Waals surface area contributed by atoms with Crippen molar-refractivity contribution in [3.8, 4) is 0 Å². The van der Waals surface area contributed by atoms with Crippen LogP contribution in [0.2, 0.25) is 0 Å². The lowest BCUT2D eigenvalue weighted by Crippen LogP contribution is -2.36. The summed E-state index contributed by atoms with van der Waals surface area (Å²) in [6, 6.07) is 0. The van der Waals surface area contributed by atoms with Crippen molar-refractivity contribution in [2.45, 2.75) is 118 Å². The summed E-state index contributed by atoms with van der Waals surface area (Å²) >= 11 is 0. The van der Waals surface area contributed by atoms with Crippen LogP contribution in [0.15, 0.2) is 0 Å². The van der Waals surface area contributed by atoms with Crippen LogP contribution in [-0.2, 0) is 19.1 Å². The molecule has 0 saturated carbocycles. The van der Waals surface area contributed by atoms with Gasteiger partial charge in [0.15, 0.2) is 5.41 Å². The summed E-state index contributed by atoms with van der Waals surface area (Å²) in [5.74, 6) is -0.984. The lowest BCUT2D eigenvalue weighted by atomic mass is 9.94. The first kappa shape index (κ1) is 25.9. The monoisotopic (exact) mass is 384 g/mol. The zero-order valence-corrected chi connectivity index (χ0v) is 18.4. The number of carbonyl (C=O) groups is 2. The van der Waals surface area contributed by atoms with Crippen LogP contribution < -0.4 is 0 Å². The van der Waals surface area contributed by atoms with Gasteiger partial charge in [-0.25, -0.2) is 0 Å². The molecule has 0 aliphatic carbocycles. The van der Waals surface area contributed by atoms with E-state index in [0.717, 1.165) is 19.3 Å². The van der Waals surface area contributed by atoms with E-state index in [4.69, 9.17) is 9.47 Å². The van der Waals surface area contributed by atoms with E-state index < -0.39 is 17.4 Å². The molecule has 0 fully saturated rings. The second-order valence-corrected chi connectivity index (χ2v) is 8.14. The Labute approximate surface area is 167 Å². The third-order valence-corrected chi connectivity index (χ3v) is 4.94. The van der Waals surface area contributed by atoms with Crippen LogP contribution in [0.25, 0.3) is 0 Å². The van der Waals surface area contributed by atoms with Crippen LogP contribution in [0.1, 0.15) is 118 Å². The SMILES string of the molecule is CCCCCCCCCCCCCCCOC(=O)C(C)(C)C(=O)OCCC. The van der Waals surface area contributed by atoms with Crippen molar-refractivity contribution >= 4 is 11.9 Å². The molecule has 4 heteroatoms. The van der Waals surface area contributed by atoms with Gasteiger partial charge in [-0.15, -0.1) is 0 Å². The highest BCUT2D eigenvalue weighted by Crippen LogP contribution is 2.20. The highest BCUT2D eigenvalue weighted by atomic mass is 16.6. The van der Waals surface area contributed by atoms with E-state index in [9.17, 15) is 9.59 Å². The second kappa shape index (κ2) is 17.1. The maximum absolute atomic E-state index is 12.1. The minimum atomic E-state index is -1.22. The van der Waals surface area contributed by atoms with E-state index in [2.05, 4.69) is 6.92 Å². The van der Waals surface area contributed by atoms with E-state index >= 15 is 0 Å². The highest BCUT2D eigenvalue weighted by Gasteiger charge is 2.39. The number of rotatable bonds is 18. The summed E-state index contributed by atoms with van der Waals surface area (Å²) in [5.41, 5.74) is -1.22. The molecule has 0 heterocycles. The first-order valence-electron chi connectivity index (χ1n) is 11.3. The number of ether oxygens (including phenoxy) is 2. The summed E-state index contributed by atoms with van der Waals surface area (Å²) in [7, 11) is 0.